The van der Waals surface area contributed by atoms with Crippen molar-refractivity contribution in [1.29, 1.82) is 0 Å². The van der Waals surface area contributed by atoms with E-state index in [4.69, 9.17) is 5.11 Å². The van der Waals surface area contributed by atoms with Crippen molar-refractivity contribution in [3.8, 4) is 0 Å². The molecule has 98 valence electrons. The number of hydrogen-bond acceptors (Lipinski definition) is 3. The van der Waals surface area contributed by atoms with Gasteiger partial charge < -0.3 is 9.67 Å². The Kier molecular flexibility index (Phi) is 6.86. The summed E-state index contributed by atoms with van der Waals surface area (Å²) in [6, 6.07) is 0. The summed E-state index contributed by atoms with van der Waals surface area (Å²) in [6.45, 7) is 5.12. The summed E-state index contributed by atoms with van der Waals surface area (Å²) in [5.74, 6) is 1.71. The Morgan fingerprint density at radius 1 is 0.941 bits per heavy atom. The zero-order valence-corrected chi connectivity index (χ0v) is 11.2. The molecule has 4 heteroatoms. The van der Waals surface area contributed by atoms with E-state index in [0.717, 1.165) is 18.8 Å². The number of aryl methyl sites for hydroxylation is 1. The molecule has 1 N–H and O–H groups in total. The summed E-state index contributed by atoms with van der Waals surface area (Å²) < 4.78 is 2.02. The lowest BCUT2D eigenvalue weighted by molar-refractivity contribution is 0.264. The Morgan fingerprint density at radius 2 is 1.59 bits per heavy atom. The van der Waals surface area contributed by atoms with Crippen molar-refractivity contribution in [2.24, 2.45) is 0 Å². The number of nitrogens with zero attached hydrogens (tertiary/aromatic N) is 3. The first-order valence-electron chi connectivity index (χ1n) is 6.85. The number of rotatable bonds is 9. The Labute approximate surface area is 104 Å². The van der Waals surface area contributed by atoms with Crippen LogP contribution in [-0.4, -0.2) is 19.9 Å². The SMILES string of the molecule is CCCCCCCCc1nnc(CO)n1CC. The van der Waals surface area contributed by atoms with Gasteiger partial charge in [0.25, 0.3) is 0 Å². The number of hydrogen-bond donors (Lipinski definition) is 1. The highest BCUT2D eigenvalue weighted by Crippen LogP contribution is 2.10. The molecule has 0 unspecified atom stereocenters. The second-order valence-electron chi connectivity index (χ2n) is 4.45. The minimum absolute atomic E-state index is 0.0165. The molecule has 1 rings (SSSR count). The number of aromatic nitrogens is 3. The van der Waals surface area contributed by atoms with E-state index in [0.29, 0.717) is 5.82 Å². The largest absolute Gasteiger partial charge is 0.388 e. The molecule has 0 aliphatic heterocycles. The second kappa shape index (κ2) is 8.23. The molecule has 1 aromatic rings. The van der Waals surface area contributed by atoms with Crippen LogP contribution in [0.2, 0.25) is 0 Å². The molecule has 0 amide bonds. The molecule has 4 nitrogen and oxygen atoms in total. The monoisotopic (exact) mass is 239 g/mol. The Hall–Kier alpha value is -0.900. The van der Waals surface area contributed by atoms with Gasteiger partial charge in [0.2, 0.25) is 0 Å². The fourth-order valence-corrected chi connectivity index (χ4v) is 2.10. The quantitative estimate of drug-likeness (QED) is 0.674. The number of aliphatic hydroxyl groups is 1. The molecule has 0 aliphatic rings. The highest BCUT2D eigenvalue weighted by molar-refractivity contribution is 4.94. The van der Waals surface area contributed by atoms with Gasteiger partial charge in [-0.15, -0.1) is 10.2 Å². The number of aliphatic hydroxyl groups excluding tert-OH is 1. The van der Waals surface area contributed by atoms with Crippen molar-refractivity contribution < 1.29 is 5.11 Å². The smallest absolute Gasteiger partial charge is 0.158 e. The van der Waals surface area contributed by atoms with E-state index >= 15 is 0 Å². The van der Waals surface area contributed by atoms with Gasteiger partial charge in [-0.3, -0.25) is 0 Å². The first-order valence-corrected chi connectivity index (χ1v) is 6.85. The van der Waals surface area contributed by atoms with E-state index in [2.05, 4.69) is 24.0 Å². The third kappa shape index (κ3) is 4.46. The summed E-state index contributed by atoms with van der Waals surface area (Å²) in [5, 5.41) is 17.2. The zero-order chi connectivity index (χ0) is 12.5. The molecule has 17 heavy (non-hydrogen) atoms. The van der Waals surface area contributed by atoms with Gasteiger partial charge in [-0.1, -0.05) is 39.0 Å². The molecule has 0 radical (unpaired) electrons. The minimum atomic E-state index is -0.0165. The predicted octanol–water partition coefficient (Wildman–Crippen LogP) is 2.69. The van der Waals surface area contributed by atoms with Crippen LogP contribution in [0.25, 0.3) is 0 Å². The van der Waals surface area contributed by atoms with Crippen LogP contribution in [0, 0.1) is 0 Å². The van der Waals surface area contributed by atoms with Gasteiger partial charge in [0.05, 0.1) is 0 Å². The maximum Gasteiger partial charge on any atom is 0.158 e. The standard InChI is InChI=1S/C13H25N3O/c1-3-5-6-7-8-9-10-12-14-15-13(11-17)16(12)4-2/h17H,3-11H2,1-2H3. The first kappa shape index (κ1) is 14.2. The van der Waals surface area contributed by atoms with Crippen LogP contribution in [0.1, 0.15) is 64.0 Å². The summed E-state index contributed by atoms with van der Waals surface area (Å²) >= 11 is 0. The van der Waals surface area contributed by atoms with Gasteiger partial charge in [-0.05, 0) is 13.3 Å². The van der Waals surface area contributed by atoms with Gasteiger partial charge in [0, 0.05) is 13.0 Å². The molecule has 1 heterocycles. The molecule has 0 aromatic carbocycles. The first-order chi connectivity index (χ1) is 8.33. The fraction of sp³-hybridized carbons (Fsp3) is 0.846. The fourth-order valence-electron chi connectivity index (χ4n) is 2.10. The topological polar surface area (TPSA) is 50.9 Å². The van der Waals surface area contributed by atoms with E-state index in [1.54, 1.807) is 0 Å². The zero-order valence-electron chi connectivity index (χ0n) is 11.2. The molecular formula is C13H25N3O. The molecule has 0 saturated carbocycles. The molecule has 0 atom stereocenters. The minimum Gasteiger partial charge on any atom is -0.388 e. The molecule has 0 fully saturated rings. The molecule has 0 saturated heterocycles. The third-order valence-corrected chi connectivity index (χ3v) is 3.12. The second-order valence-corrected chi connectivity index (χ2v) is 4.45. The van der Waals surface area contributed by atoms with Crippen molar-refractivity contribution in [2.45, 2.75) is 71.9 Å². The molecule has 0 spiro atoms. The average Bonchev–Trinajstić information content (AvgIpc) is 2.75. The summed E-state index contributed by atoms with van der Waals surface area (Å²) in [7, 11) is 0. The van der Waals surface area contributed by atoms with Crippen LogP contribution in [0.5, 0.6) is 0 Å². The maximum atomic E-state index is 9.11. The van der Waals surface area contributed by atoms with Crippen molar-refractivity contribution in [3.05, 3.63) is 11.6 Å². The van der Waals surface area contributed by atoms with Crippen molar-refractivity contribution >= 4 is 0 Å². The molecular weight excluding hydrogens is 214 g/mol. The van der Waals surface area contributed by atoms with Crippen LogP contribution in [0.4, 0.5) is 0 Å². The number of unbranched alkanes of at least 4 members (excludes halogenated alkanes) is 5. The normalized spacial score (nSPS) is 11.0. The van der Waals surface area contributed by atoms with Gasteiger partial charge in [0.1, 0.15) is 12.4 Å². The Morgan fingerprint density at radius 3 is 2.24 bits per heavy atom. The van der Waals surface area contributed by atoms with Crippen LogP contribution in [0.15, 0.2) is 0 Å². The van der Waals surface area contributed by atoms with E-state index in [9.17, 15) is 0 Å². The molecule has 0 aliphatic carbocycles. The maximum absolute atomic E-state index is 9.11. The summed E-state index contributed by atoms with van der Waals surface area (Å²) in [6.07, 6.45) is 8.73. The van der Waals surface area contributed by atoms with Gasteiger partial charge in [0.15, 0.2) is 5.82 Å². The van der Waals surface area contributed by atoms with Crippen molar-refractivity contribution in [2.75, 3.05) is 0 Å². The van der Waals surface area contributed by atoms with E-state index in [1.165, 1.54) is 38.5 Å². The highest BCUT2D eigenvalue weighted by Gasteiger charge is 2.08. The summed E-state index contributed by atoms with van der Waals surface area (Å²) in [4.78, 5) is 0. The predicted molar refractivity (Wildman–Crippen MR) is 68.7 cm³/mol. The average molecular weight is 239 g/mol. The van der Waals surface area contributed by atoms with Crippen LogP contribution >= 0.6 is 0 Å². The van der Waals surface area contributed by atoms with E-state index in [1.807, 2.05) is 4.57 Å². The molecule has 0 bridgehead atoms. The van der Waals surface area contributed by atoms with Crippen LogP contribution in [0.3, 0.4) is 0 Å². The van der Waals surface area contributed by atoms with Crippen molar-refractivity contribution in [3.63, 3.8) is 0 Å². The lowest BCUT2D eigenvalue weighted by Crippen LogP contribution is -2.06. The summed E-state index contributed by atoms with van der Waals surface area (Å²) in [5.41, 5.74) is 0. The van der Waals surface area contributed by atoms with Gasteiger partial charge >= 0.3 is 0 Å². The Balaban J connectivity index is 2.29. The van der Waals surface area contributed by atoms with Crippen LogP contribution < -0.4 is 0 Å². The highest BCUT2D eigenvalue weighted by atomic mass is 16.3. The third-order valence-electron chi connectivity index (χ3n) is 3.12. The van der Waals surface area contributed by atoms with Gasteiger partial charge in [-0.25, -0.2) is 0 Å². The van der Waals surface area contributed by atoms with E-state index < -0.39 is 0 Å². The van der Waals surface area contributed by atoms with Gasteiger partial charge in [-0.2, -0.15) is 0 Å². The lowest BCUT2D eigenvalue weighted by atomic mass is 10.1. The van der Waals surface area contributed by atoms with Crippen LogP contribution in [-0.2, 0) is 19.6 Å². The Bertz CT molecular complexity index is 310. The van der Waals surface area contributed by atoms with Crippen molar-refractivity contribution in [1.82, 2.24) is 14.8 Å². The lowest BCUT2D eigenvalue weighted by Gasteiger charge is -2.05. The van der Waals surface area contributed by atoms with E-state index in [-0.39, 0.29) is 6.61 Å². The molecule has 1 aromatic heterocycles.